The summed E-state index contributed by atoms with van der Waals surface area (Å²) in [7, 11) is 0. The van der Waals surface area contributed by atoms with Crippen molar-refractivity contribution in [1.82, 2.24) is 25.2 Å². The van der Waals surface area contributed by atoms with Crippen LogP contribution in [0.3, 0.4) is 0 Å². The maximum atomic E-state index is 12.6. The normalized spacial score (nSPS) is 12.1. The molecule has 2 heterocycles. The molecule has 0 saturated carbocycles. The number of hydrogen-bond donors (Lipinski definition) is 2. The van der Waals surface area contributed by atoms with Gasteiger partial charge in [0, 0.05) is 18.0 Å². The van der Waals surface area contributed by atoms with Crippen LogP contribution in [-0.2, 0) is 11.2 Å². The second kappa shape index (κ2) is 9.56. The average molecular weight is 411 g/mol. The number of nitrogens with one attached hydrogen (secondary N) is 1. The third-order valence-electron chi connectivity index (χ3n) is 4.65. The van der Waals surface area contributed by atoms with Crippen LogP contribution < -0.4 is 11.2 Å². The minimum absolute atomic E-state index is 0.0456. The van der Waals surface area contributed by atoms with Crippen molar-refractivity contribution in [3.8, 4) is 11.4 Å². The van der Waals surface area contributed by atoms with E-state index in [-0.39, 0.29) is 23.6 Å². The second-order valence-electron chi connectivity index (χ2n) is 7.09. The highest BCUT2D eigenvalue weighted by Gasteiger charge is 2.19. The summed E-state index contributed by atoms with van der Waals surface area (Å²) in [5.74, 6) is 7.02. The van der Waals surface area contributed by atoms with Crippen LogP contribution in [0, 0.1) is 5.92 Å². The van der Waals surface area contributed by atoms with Crippen molar-refractivity contribution in [2.75, 3.05) is 11.6 Å². The number of benzene rings is 1. The molecule has 0 aliphatic heterocycles. The zero-order valence-corrected chi connectivity index (χ0v) is 17.7. The summed E-state index contributed by atoms with van der Waals surface area (Å²) in [5, 5.41) is 11.8. The first-order chi connectivity index (χ1) is 14.0. The first-order valence-corrected chi connectivity index (χ1v) is 10.6. The molecule has 7 nitrogen and oxygen atoms in total. The largest absolute Gasteiger partial charge is 0.348 e. The van der Waals surface area contributed by atoms with E-state index >= 15 is 0 Å². The van der Waals surface area contributed by atoms with E-state index in [1.165, 1.54) is 22.0 Å². The Bertz CT molecular complexity index is 940. The van der Waals surface area contributed by atoms with Crippen LogP contribution in [0.5, 0.6) is 0 Å². The summed E-state index contributed by atoms with van der Waals surface area (Å²) in [6.07, 6.45) is 4.35. The number of amides is 1. The Hall–Kier alpha value is -2.87. The van der Waals surface area contributed by atoms with Crippen molar-refractivity contribution >= 4 is 17.7 Å². The molecule has 0 bridgehead atoms. The standard InChI is InChI=1S/C21H26N6OS/c1-4-15-7-9-16(10-8-15)19(14(2)3)24-18(28)13-29-21-26-25-20(27(21)22)17-6-5-11-23-12-17/h5-12,14,19H,4,13,22H2,1-3H3,(H,24,28)/t19-/m0/s1. The Morgan fingerprint density at radius 2 is 1.97 bits per heavy atom. The molecule has 1 amide bonds. The lowest BCUT2D eigenvalue weighted by Gasteiger charge is -2.23. The van der Waals surface area contributed by atoms with Gasteiger partial charge in [0.15, 0.2) is 5.82 Å². The van der Waals surface area contributed by atoms with Gasteiger partial charge in [-0.25, -0.2) is 4.68 Å². The van der Waals surface area contributed by atoms with Crippen LogP contribution in [-0.4, -0.2) is 31.5 Å². The summed E-state index contributed by atoms with van der Waals surface area (Å²) < 4.78 is 1.39. The maximum Gasteiger partial charge on any atom is 0.230 e. The minimum Gasteiger partial charge on any atom is -0.348 e. The number of aryl methyl sites for hydroxylation is 1. The van der Waals surface area contributed by atoms with Crippen LogP contribution >= 0.6 is 11.8 Å². The van der Waals surface area contributed by atoms with E-state index in [1.807, 2.05) is 12.1 Å². The number of carbonyl (C=O) groups is 1. The van der Waals surface area contributed by atoms with Gasteiger partial charge in [-0.3, -0.25) is 9.78 Å². The highest BCUT2D eigenvalue weighted by molar-refractivity contribution is 7.99. The molecule has 0 radical (unpaired) electrons. The fourth-order valence-corrected chi connectivity index (χ4v) is 3.68. The first-order valence-electron chi connectivity index (χ1n) is 9.61. The lowest BCUT2D eigenvalue weighted by atomic mass is 9.95. The summed E-state index contributed by atoms with van der Waals surface area (Å²) in [6.45, 7) is 6.33. The van der Waals surface area contributed by atoms with Gasteiger partial charge in [0.1, 0.15) is 0 Å². The maximum absolute atomic E-state index is 12.6. The van der Waals surface area contributed by atoms with Crippen LogP contribution in [0.25, 0.3) is 11.4 Å². The second-order valence-corrected chi connectivity index (χ2v) is 8.03. The first kappa shape index (κ1) is 20.9. The van der Waals surface area contributed by atoms with Crippen LogP contribution in [0.15, 0.2) is 53.9 Å². The zero-order chi connectivity index (χ0) is 20.8. The number of carbonyl (C=O) groups excluding carboxylic acids is 1. The average Bonchev–Trinajstić information content (AvgIpc) is 3.11. The van der Waals surface area contributed by atoms with E-state index in [4.69, 9.17) is 5.84 Å². The molecule has 1 aromatic carbocycles. The number of hydrogen-bond acceptors (Lipinski definition) is 6. The van der Waals surface area contributed by atoms with Gasteiger partial charge in [0.05, 0.1) is 11.8 Å². The van der Waals surface area contributed by atoms with E-state index in [1.54, 1.807) is 12.4 Å². The van der Waals surface area contributed by atoms with Crippen molar-refractivity contribution in [2.45, 2.75) is 38.4 Å². The number of nitrogens with zero attached hydrogens (tertiary/aromatic N) is 4. The van der Waals surface area contributed by atoms with Crippen molar-refractivity contribution in [1.29, 1.82) is 0 Å². The molecule has 152 valence electrons. The SMILES string of the molecule is CCc1ccc([C@@H](NC(=O)CSc2nnc(-c3cccnc3)n2N)C(C)C)cc1. The van der Waals surface area contributed by atoms with E-state index in [9.17, 15) is 4.79 Å². The topological polar surface area (TPSA) is 98.7 Å². The summed E-state index contributed by atoms with van der Waals surface area (Å²) >= 11 is 1.26. The minimum atomic E-state index is -0.0702. The van der Waals surface area contributed by atoms with E-state index in [0.717, 1.165) is 17.5 Å². The monoisotopic (exact) mass is 410 g/mol. The zero-order valence-electron chi connectivity index (χ0n) is 16.9. The van der Waals surface area contributed by atoms with Crippen LogP contribution in [0.1, 0.15) is 37.9 Å². The molecule has 3 N–H and O–H groups in total. The molecule has 0 spiro atoms. The Balaban J connectivity index is 1.63. The third kappa shape index (κ3) is 5.14. The number of aromatic nitrogens is 4. The Kier molecular flexibility index (Phi) is 6.87. The Morgan fingerprint density at radius 3 is 2.59 bits per heavy atom. The van der Waals surface area contributed by atoms with Gasteiger partial charge >= 0.3 is 0 Å². The van der Waals surface area contributed by atoms with E-state index in [2.05, 4.69) is 65.5 Å². The number of rotatable bonds is 8. The van der Waals surface area contributed by atoms with Gasteiger partial charge < -0.3 is 11.2 Å². The molecule has 8 heteroatoms. The molecule has 1 atom stereocenters. The van der Waals surface area contributed by atoms with Crippen molar-refractivity contribution in [2.24, 2.45) is 5.92 Å². The number of pyridine rings is 1. The molecular formula is C21H26N6OS. The molecule has 0 fully saturated rings. The highest BCUT2D eigenvalue weighted by atomic mass is 32.2. The molecule has 3 rings (SSSR count). The lowest BCUT2D eigenvalue weighted by Crippen LogP contribution is -2.33. The molecule has 0 saturated heterocycles. The van der Waals surface area contributed by atoms with Gasteiger partial charge in [-0.05, 0) is 35.6 Å². The molecule has 2 aromatic heterocycles. The Morgan fingerprint density at radius 1 is 1.21 bits per heavy atom. The van der Waals surface area contributed by atoms with E-state index in [0.29, 0.717) is 11.0 Å². The fraction of sp³-hybridized carbons (Fsp3) is 0.333. The smallest absolute Gasteiger partial charge is 0.230 e. The van der Waals surface area contributed by atoms with Gasteiger partial charge in [-0.2, -0.15) is 0 Å². The predicted octanol–water partition coefficient (Wildman–Crippen LogP) is 3.22. The molecule has 0 unspecified atom stereocenters. The van der Waals surface area contributed by atoms with Crippen LogP contribution in [0.4, 0.5) is 0 Å². The van der Waals surface area contributed by atoms with Crippen molar-refractivity contribution in [3.05, 3.63) is 59.9 Å². The van der Waals surface area contributed by atoms with Crippen molar-refractivity contribution < 1.29 is 4.79 Å². The van der Waals surface area contributed by atoms with Gasteiger partial charge in [0.25, 0.3) is 0 Å². The van der Waals surface area contributed by atoms with Gasteiger partial charge in [-0.1, -0.05) is 56.8 Å². The molecule has 3 aromatic rings. The van der Waals surface area contributed by atoms with E-state index < -0.39 is 0 Å². The summed E-state index contributed by atoms with van der Waals surface area (Å²) in [4.78, 5) is 16.6. The molecule has 0 aliphatic rings. The molecule has 29 heavy (non-hydrogen) atoms. The molecule has 0 aliphatic carbocycles. The number of nitrogen functional groups attached to an aromatic ring is 1. The summed E-state index contributed by atoms with van der Waals surface area (Å²) in [5.41, 5.74) is 3.16. The van der Waals surface area contributed by atoms with Crippen molar-refractivity contribution in [3.63, 3.8) is 0 Å². The Labute approximate surface area is 175 Å². The fourth-order valence-electron chi connectivity index (χ4n) is 3.01. The molecular weight excluding hydrogens is 384 g/mol. The lowest BCUT2D eigenvalue weighted by molar-refractivity contribution is -0.119. The van der Waals surface area contributed by atoms with Gasteiger partial charge in [-0.15, -0.1) is 10.2 Å². The summed E-state index contributed by atoms with van der Waals surface area (Å²) in [6, 6.07) is 12.0. The van der Waals surface area contributed by atoms with Gasteiger partial charge in [0.2, 0.25) is 11.1 Å². The predicted molar refractivity (Wildman–Crippen MR) is 116 cm³/mol. The number of nitrogens with two attached hydrogens (primary N) is 1. The highest BCUT2D eigenvalue weighted by Crippen LogP contribution is 2.24. The van der Waals surface area contributed by atoms with Crippen LogP contribution in [0.2, 0.25) is 0 Å². The quantitative estimate of drug-likeness (QED) is 0.437. The third-order valence-corrected chi connectivity index (χ3v) is 5.59. The number of thioether (sulfide) groups is 1.